The minimum absolute atomic E-state index is 0.0525. The first-order chi connectivity index (χ1) is 6.52. The normalized spacial score (nSPS) is 14.2. The van der Waals surface area contributed by atoms with Crippen LogP contribution in [0.5, 0.6) is 0 Å². The van der Waals surface area contributed by atoms with Gasteiger partial charge >= 0.3 is 0 Å². The lowest BCUT2D eigenvalue weighted by molar-refractivity contribution is -0.128. The van der Waals surface area contributed by atoms with E-state index < -0.39 is 5.91 Å². The van der Waals surface area contributed by atoms with Crippen LogP contribution in [0.4, 0.5) is 0 Å². The molecule has 0 heterocycles. The molecule has 4 heteroatoms. The Bertz CT molecular complexity index is 226. The fraction of sp³-hybridized carbons (Fsp3) is 0.700. The van der Waals surface area contributed by atoms with Gasteiger partial charge in [0.15, 0.2) is 0 Å². The molecular weight excluding hydrogens is 180 g/mol. The van der Waals surface area contributed by atoms with E-state index in [1.807, 2.05) is 20.8 Å². The zero-order valence-corrected chi connectivity index (χ0v) is 9.04. The van der Waals surface area contributed by atoms with Gasteiger partial charge in [-0.25, -0.2) is 4.99 Å². The molecule has 0 aliphatic rings. The molecule has 0 rings (SSSR count). The summed E-state index contributed by atoms with van der Waals surface area (Å²) in [5.41, 5.74) is 0. The largest absolute Gasteiger partial charge is 0.347 e. The molecule has 0 saturated carbocycles. The number of carbonyl (C=O) groups is 2. The first-order valence-corrected chi connectivity index (χ1v) is 4.80. The van der Waals surface area contributed by atoms with Crippen molar-refractivity contribution in [1.29, 1.82) is 0 Å². The SMILES string of the molecule is C=NC(=O)CNC(=O)[C@@H](C)[C@@H](C)CC. The zero-order chi connectivity index (χ0) is 11.1. The van der Waals surface area contributed by atoms with E-state index in [-0.39, 0.29) is 18.4 Å². The quantitative estimate of drug-likeness (QED) is 0.670. The molecule has 1 N–H and O–H groups in total. The molecule has 2 amide bonds. The molecule has 0 saturated heterocycles. The van der Waals surface area contributed by atoms with Crippen LogP contribution < -0.4 is 5.32 Å². The van der Waals surface area contributed by atoms with Crippen LogP contribution in [0, 0.1) is 11.8 Å². The average molecular weight is 198 g/mol. The summed E-state index contributed by atoms with van der Waals surface area (Å²) < 4.78 is 0. The van der Waals surface area contributed by atoms with Crippen LogP contribution in [-0.4, -0.2) is 25.1 Å². The molecule has 80 valence electrons. The average Bonchev–Trinajstić information content (AvgIpc) is 2.22. The summed E-state index contributed by atoms with van der Waals surface area (Å²) in [4.78, 5) is 25.4. The smallest absolute Gasteiger partial charge is 0.264 e. The van der Waals surface area contributed by atoms with Crippen LogP contribution in [0.15, 0.2) is 4.99 Å². The van der Waals surface area contributed by atoms with Gasteiger partial charge in [-0.15, -0.1) is 0 Å². The number of hydrogen-bond acceptors (Lipinski definition) is 2. The lowest BCUT2D eigenvalue weighted by Crippen LogP contribution is -2.35. The predicted molar refractivity (Wildman–Crippen MR) is 56.2 cm³/mol. The third-order valence-electron chi connectivity index (χ3n) is 2.50. The van der Waals surface area contributed by atoms with Crippen molar-refractivity contribution in [2.45, 2.75) is 27.2 Å². The van der Waals surface area contributed by atoms with E-state index in [0.29, 0.717) is 5.92 Å². The molecule has 14 heavy (non-hydrogen) atoms. The van der Waals surface area contributed by atoms with Crippen LogP contribution in [0.2, 0.25) is 0 Å². The molecule has 0 aromatic carbocycles. The minimum atomic E-state index is -0.408. The monoisotopic (exact) mass is 198 g/mol. The molecule has 0 aromatic rings. The van der Waals surface area contributed by atoms with Crippen molar-refractivity contribution >= 4 is 18.5 Å². The highest BCUT2D eigenvalue weighted by Crippen LogP contribution is 2.13. The standard InChI is InChI=1S/C10H18N2O2/c1-5-7(2)8(3)10(14)12-6-9(13)11-4/h7-8H,4-6H2,1-3H3,(H,12,14)/t7-,8-/m0/s1. The minimum Gasteiger partial charge on any atom is -0.347 e. The number of amides is 2. The number of nitrogens with zero attached hydrogens (tertiary/aromatic N) is 1. The topological polar surface area (TPSA) is 58.5 Å². The number of hydrogen-bond donors (Lipinski definition) is 1. The summed E-state index contributed by atoms with van der Waals surface area (Å²) in [5, 5.41) is 2.53. The Labute approximate surface area is 84.8 Å². The van der Waals surface area contributed by atoms with E-state index in [1.54, 1.807) is 0 Å². The summed E-state index contributed by atoms with van der Waals surface area (Å²) in [6.07, 6.45) is 0.947. The molecule has 0 aromatic heterocycles. The molecule has 0 spiro atoms. The number of carbonyl (C=O) groups excluding carboxylic acids is 2. The Morgan fingerprint density at radius 2 is 2.00 bits per heavy atom. The summed E-state index contributed by atoms with van der Waals surface area (Å²) in [6, 6.07) is 0. The molecule has 0 aliphatic carbocycles. The van der Waals surface area contributed by atoms with Crippen molar-refractivity contribution in [3.05, 3.63) is 0 Å². The number of rotatable bonds is 5. The van der Waals surface area contributed by atoms with Gasteiger partial charge < -0.3 is 5.32 Å². The second-order valence-electron chi connectivity index (χ2n) is 3.44. The molecule has 4 nitrogen and oxygen atoms in total. The lowest BCUT2D eigenvalue weighted by Gasteiger charge is -2.16. The van der Waals surface area contributed by atoms with Crippen molar-refractivity contribution in [3.63, 3.8) is 0 Å². The fourth-order valence-corrected chi connectivity index (χ4v) is 0.992. The second-order valence-corrected chi connectivity index (χ2v) is 3.44. The third-order valence-corrected chi connectivity index (χ3v) is 2.50. The van der Waals surface area contributed by atoms with Crippen molar-refractivity contribution in [2.24, 2.45) is 16.8 Å². The molecule has 2 atom stereocenters. The number of aliphatic imine (C=N–C) groups is 1. The highest BCUT2D eigenvalue weighted by Gasteiger charge is 2.18. The van der Waals surface area contributed by atoms with Gasteiger partial charge in [0.2, 0.25) is 5.91 Å². The van der Waals surface area contributed by atoms with Crippen molar-refractivity contribution in [1.82, 2.24) is 5.32 Å². The van der Waals surface area contributed by atoms with Gasteiger partial charge in [-0.3, -0.25) is 9.59 Å². The Kier molecular flexibility index (Phi) is 5.76. The van der Waals surface area contributed by atoms with Gasteiger partial charge in [-0.05, 0) is 12.6 Å². The van der Waals surface area contributed by atoms with Gasteiger partial charge in [0.05, 0.1) is 6.54 Å². The van der Waals surface area contributed by atoms with Gasteiger partial charge in [-0.2, -0.15) is 0 Å². The highest BCUT2D eigenvalue weighted by molar-refractivity contribution is 5.87. The first-order valence-electron chi connectivity index (χ1n) is 4.80. The maximum absolute atomic E-state index is 11.4. The molecule has 0 radical (unpaired) electrons. The summed E-state index contributed by atoms with van der Waals surface area (Å²) in [7, 11) is 0. The Morgan fingerprint density at radius 3 is 2.43 bits per heavy atom. The number of nitrogens with one attached hydrogen (secondary N) is 1. The zero-order valence-electron chi connectivity index (χ0n) is 9.04. The van der Waals surface area contributed by atoms with E-state index in [2.05, 4.69) is 17.0 Å². The van der Waals surface area contributed by atoms with Crippen LogP contribution in [-0.2, 0) is 9.59 Å². The van der Waals surface area contributed by atoms with Crippen LogP contribution in [0.25, 0.3) is 0 Å². The van der Waals surface area contributed by atoms with E-state index in [9.17, 15) is 9.59 Å². The van der Waals surface area contributed by atoms with Gasteiger partial charge in [-0.1, -0.05) is 27.2 Å². The van der Waals surface area contributed by atoms with Gasteiger partial charge in [0, 0.05) is 5.92 Å². The Hall–Kier alpha value is -1.19. The molecule has 0 aliphatic heterocycles. The first kappa shape index (κ1) is 12.8. The van der Waals surface area contributed by atoms with E-state index in [0.717, 1.165) is 6.42 Å². The van der Waals surface area contributed by atoms with E-state index >= 15 is 0 Å². The third kappa shape index (κ3) is 4.16. The molecule has 0 fully saturated rings. The van der Waals surface area contributed by atoms with Crippen molar-refractivity contribution in [3.8, 4) is 0 Å². The maximum Gasteiger partial charge on any atom is 0.264 e. The Morgan fingerprint density at radius 1 is 1.43 bits per heavy atom. The Balaban J connectivity index is 3.95. The second kappa shape index (κ2) is 6.29. The molecule has 0 bridgehead atoms. The van der Waals surface area contributed by atoms with Gasteiger partial charge in [0.25, 0.3) is 5.91 Å². The fourth-order valence-electron chi connectivity index (χ4n) is 0.992. The van der Waals surface area contributed by atoms with E-state index in [1.165, 1.54) is 0 Å². The van der Waals surface area contributed by atoms with Crippen LogP contribution in [0.3, 0.4) is 0 Å². The van der Waals surface area contributed by atoms with Crippen molar-refractivity contribution < 1.29 is 9.59 Å². The van der Waals surface area contributed by atoms with Crippen LogP contribution in [0.1, 0.15) is 27.2 Å². The predicted octanol–water partition coefficient (Wildman–Crippen LogP) is 1.01. The molecule has 0 unspecified atom stereocenters. The summed E-state index contributed by atoms with van der Waals surface area (Å²) >= 11 is 0. The lowest BCUT2D eigenvalue weighted by atomic mass is 9.93. The van der Waals surface area contributed by atoms with E-state index in [4.69, 9.17) is 0 Å². The maximum atomic E-state index is 11.4. The van der Waals surface area contributed by atoms with Crippen molar-refractivity contribution in [2.75, 3.05) is 6.54 Å². The van der Waals surface area contributed by atoms with Gasteiger partial charge in [0.1, 0.15) is 0 Å². The highest BCUT2D eigenvalue weighted by atomic mass is 16.2. The van der Waals surface area contributed by atoms with Crippen LogP contribution >= 0.6 is 0 Å². The summed E-state index contributed by atoms with van der Waals surface area (Å²) in [5.74, 6) is -0.259. The molecular formula is C10H18N2O2. The summed E-state index contributed by atoms with van der Waals surface area (Å²) in [6.45, 7) is 8.93.